The molecule has 0 bridgehead atoms. The average molecular weight is 354 g/mol. The Labute approximate surface area is 149 Å². The van der Waals surface area contributed by atoms with E-state index in [-0.39, 0.29) is 11.9 Å². The molecule has 0 aromatic rings. The fourth-order valence-electron chi connectivity index (χ4n) is 3.80. The molecule has 1 heterocycles. The van der Waals surface area contributed by atoms with Crippen molar-refractivity contribution in [2.45, 2.75) is 89.3 Å². The maximum Gasteiger partial charge on any atom is 0.327 e. The number of unbranched alkanes of at least 4 members (excludes halogenated alkanes) is 3. The summed E-state index contributed by atoms with van der Waals surface area (Å²) < 4.78 is 4.88. The highest BCUT2D eigenvalue weighted by molar-refractivity contribution is 6.04. The Kier molecular flexibility index (Phi) is 7.23. The highest BCUT2D eigenvalue weighted by Gasteiger charge is 2.49. The van der Waals surface area contributed by atoms with Gasteiger partial charge in [0.1, 0.15) is 11.8 Å². The molecular formula is C18H30N2O5. The van der Waals surface area contributed by atoms with Crippen LogP contribution in [0.3, 0.4) is 0 Å². The molecule has 1 atom stereocenters. The minimum atomic E-state index is -1.19. The zero-order chi connectivity index (χ0) is 18.3. The molecule has 0 radical (unpaired) electrons. The van der Waals surface area contributed by atoms with Crippen molar-refractivity contribution in [2.24, 2.45) is 0 Å². The van der Waals surface area contributed by atoms with Crippen LogP contribution in [0.15, 0.2) is 0 Å². The molecule has 142 valence electrons. The molecule has 2 aliphatic rings. The SMILES string of the molecule is CCOC(=O)CCCCCCC1C(=O)NC(=O)N1C1(O)CCCCC1. The zero-order valence-corrected chi connectivity index (χ0v) is 15.1. The van der Waals surface area contributed by atoms with E-state index in [2.05, 4.69) is 5.32 Å². The minimum Gasteiger partial charge on any atom is -0.466 e. The molecule has 7 nitrogen and oxygen atoms in total. The van der Waals surface area contributed by atoms with Crippen LogP contribution in [0.5, 0.6) is 0 Å². The van der Waals surface area contributed by atoms with Crippen molar-refractivity contribution < 1.29 is 24.2 Å². The van der Waals surface area contributed by atoms with Crippen molar-refractivity contribution >= 4 is 17.9 Å². The van der Waals surface area contributed by atoms with E-state index in [9.17, 15) is 19.5 Å². The molecule has 1 unspecified atom stereocenters. The molecule has 3 amide bonds. The normalized spacial score (nSPS) is 22.8. The van der Waals surface area contributed by atoms with Crippen LogP contribution < -0.4 is 5.32 Å². The Hall–Kier alpha value is -1.63. The summed E-state index contributed by atoms with van der Waals surface area (Å²) >= 11 is 0. The number of imide groups is 1. The Morgan fingerprint density at radius 2 is 1.88 bits per heavy atom. The van der Waals surface area contributed by atoms with Crippen molar-refractivity contribution in [1.82, 2.24) is 10.2 Å². The van der Waals surface area contributed by atoms with Gasteiger partial charge in [-0.1, -0.05) is 25.7 Å². The summed E-state index contributed by atoms with van der Waals surface area (Å²) in [7, 11) is 0. The van der Waals surface area contributed by atoms with Gasteiger partial charge in [-0.15, -0.1) is 0 Å². The van der Waals surface area contributed by atoms with Crippen LogP contribution >= 0.6 is 0 Å². The number of carbonyl (C=O) groups is 3. The first-order chi connectivity index (χ1) is 12.0. The Morgan fingerprint density at radius 3 is 2.56 bits per heavy atom. The molecule has 0 aromatic heterocycles. The van der Waals surface area contributed by atoms with Crippen LogP contribution in [-0.2, 0) is 14.3 Å². The van der Waals surface area contributed by atoms with Gasteiger partial charge < -0.3 is 9.84 Å². The lowest BCUT2D eigenvalue weighted by Gasteiger charge is -2.41. The monoisotopic (exact) mass is 354 g/mol. The number of amides is 3. The van der Waals surface area contributed by atoms with Gasteiger partial charge in [-0.3, -0.25) is 19.8 Å². The number of hydrogen-bond acceptors (Lipinski definition) is 5. The number of ether oxygens (including phenoxy) is 1. The number of esters is 1. The van der Waals surface area contributed by atoms with E-state index < -0.39 is 17.8 Å². The lowest BCUT2D eigenvalue weighted by atomic mass is 9.89. The Balaban J connectivity index is 1.78. The van der Waals surface area contributed by atoms with Crippen LogP contribution in [-0.4, -0.2) is 46.3 Å². The molecule has 1 saturated carbocycles. The summed E-state index contributed by atoms with van der Waals surface area (Å²) in [6.45, 7) is 2.19. The lowest BCUT2D eigenvalue weighted by molar-refractivity contribution is -0.143. The van der Waals surface area contributed by atoms with E-state index in [1.165, 1.54) is 4.90 Å². The smallest absolute Gasteiger partial charge is 0.327 e. The number of nitrogens with zero attached hydrogens (tertiary/aromatic N) is 1. The van der Waals surface area contributed by atoms with Gasteiger partial charge in [0, 0.05) is 6.42 Å². The van der Waals surface area contributed by atoms with Crippen molar-refractivity contribution in [1.29, 1.82) is 0 Å². The van der Waals surface area contributed by atoms with Gasteiger partial charge in [-0.05, 0) is 45.4 Å². The molecule has 0 spiro atoms. The Morgan fingerprint density at radius 1 is 1.20 bits per heavy atom. The van der Waals surface area contributed by atoms with E-state index in [0.29, 0.717) is 32.3 Å². The van der Waals surface area contributed by atoms with Crippen LogP contribution in [0.1, 0.15) is 77.6 Å². The van der Waals surface area contributed by atoms with Crippen molar-refractivity contribution in [3.63, 3.8) is 0 Å². The lowest BCUT2D eigenvalue weighted by Crippen LogP contribution is -2.55. The highest BCUT2D eigenvalue weighted by Crippen LogP contribution is 2.35. The van der Waals surface area contributed by atoms with Gasteiger partial charge in [0.25, 0.3) is 5.91 Å². The maximum absolute atomic E-state index is 12.2. The predicted octanol–water partition coefficient (Wildman–Crippen LogP) is 2.46. The molecule has 1 aliphatic heterocycles. The van der Waals surface area contributed by atoms with E-state index in [4.69, 9.17) is 4.74 Å². The van der Waals surface area contributed by atoms with Crippen LogP contribution in [0.4, 0.5) is 4.79 Å². The van der Waals surface area contributed by atoms with Crippen molar-refractivity contribution in [3.8, 4) is 0 Å². The molecule has 2 fully saturated rings. The largest absolute Gasteiger partial charge is 0.466 e. The van der Waals surface area contributed by atoms with Crippen LogP contribution in [0.2, 0.25) is 0 Å². The standard InChI is InChI=1S/C18H30N2O5/c1-2-25-15(21)11-7-4-3-6-10-14-16(22)19-17(23)20(14)18(24)12-8-5-9-13-18/h14,24H,2-13H2,1H3,(H,19,22,23). The topological polar surface area (TPSA) is 95.9 Å². The van der Waals surface area contributed by atoms with E-state index >= 15 is 0 Å². The van der Waals surface area contributed by atoms with Gasteiger partial charge in [0.15, 0.2) is 0 Å². The van der Waals surface area contributed by atoms with Crippen molar-refractivity contribution in [3.05, 3.63) is 0 Å². The Bertz CT molecular complexity index is 488. The van der Waals surface area contributed by atoms with Gasteiger partial charge in [-0.2, -0.15) is 0 Å². The van der Waals surface area contributed by atoms with E-state index in [1.807, 2.05) is 0 Å². The predicted molar refractivity (Wildman–Crippen MR) is 91.5 cm³/mol. The number of hydrogen-bond donors (Lipinski definition) is 2. The van der Waals surface area contributed by atoms with E-state index in [0.717, 1.165) is 44.9 Å². The maximum atomic E-state index is 12.2. The quantitative estimate of drug-likeness (QED) is 0.377. The molecule has 0 aromatic carbocycles. The molecular weight excluding hydrogens is 324 g/mol. The summed E-state index contributed by atoms with van der Waals surface area (Å²) in [6.07, 6.45) is 8.12. The third-order valence-corrected chi connectivity index (χ3v) is 5.08. The number of nitrogens with one attached hydrogen (secondary N) is 1. The first-order valence-corrected chi connectivity index (χ1v) is 9.50. The second-order valence-corrected chi connectivity index (χ2v) is 6.98. The first kappa shape index (κ1) is 19.7. The summed E-state index contributed by atoms with van der Waals surface area (Å²) in [4.78, 5) is 36.9. The number of carbonyl (C=O) groups excluding carboxylic acids is 3. The fraction of sp³-hybridized carbons (Fsp3) is 0.833. The van der Waals surface area contributed by atoms with E-state index in [1.54, 1.807) is 6.92 Å². The van der Waals surface area contributed by atoms with Gasteiger partial charge >= 0.3 is 12.0 Å². The molecule has 7 heteroatoms. The molecule has 1 saturated heterocycles. The number of rotatable bonds is 9. The third-order valence-electron chi connectivity index (χ3n) is 5.08. The summed E-state index contributed by atoms with van der Waals surface area (Å²) in [6, 6.07) is -1.05. The summed E-state index contributed by atoms with van der Waals surface area (Å²) in [5, 5.41) is 13.2. The molecule has 2 N–H and O–H groups in total. The van der Waals surface area contributed by atoms with Gasteiger partial charge in [0.2, 0.25) is 0 Å². The molecule has 1 aliphatic carbocycles. The molecule has 25 heavy (non-hydrogen) atoms. The van der Waals surface area contributed by atoms with Crippen molar-refractivity contribution in [2.75, 3.05) is 6.61 Å². The van der Waals surface area contributed by atoms with Gasteiger partial charge in [0.05, 0.1) is 6.61 Å². The van der Waals surface area contributed by atoms with Gasteiger partial charge in [-0.25, -0.2) is 4.79 Å². The van der Waals surface area contributed by atoms with Crippen LogP contribution in [0, 0.1) is 0 Å². The second kappa shape index (κ2) is 9.17. The summed E-state index contributed by atoms with van der Waals surface area (Å²) in [5.74, 6) is -0.482. The zero-order valence-electron chi connectivity index (χ0n) is 15.1. The third kappa shape index (κ3) is 5.17. The average Bonchev–Trinajstić information content (AvgIpc) is 2.86. The number of aliphatic hydroxyl groups is 1. The minimum absolute atomic E-state index is 0.172. The number of urea groups is 1. The fourth-order valence-corrected chi connectivity index (χ4v) is 3.80. The second-order valence-electron chi connectivity index (χ2n) is 6.98. The highest BCUT2D eigenvalue weighted by atomic mass is 16.5. The first-order valence-electron chi connectivity index (χ1n) is 9.50. The molecule has 2 rings (SSSR count). The van der Waals surface area contributed by atoms with Crippen LogP contribution in [0.25, 0.3) is 0 Å². The summed E-state index contributed by atoms with van der Waals surface area (Å²) in [5.41, 5.74) is -1.19.